The second-order valence-corrected chi connectivity index (χ2v) is 4.83. The Morgan fingerprint density at radius 2 is 1.85 bits per heavy atom. The third kappa shape index (κ3) is 2.24. The fourth-order valence-electron chi connectivity index (χ4n) is 2.16. The van der Waals surface area contributed by atoms with Crippen LogP contribution >= 0.6 is 11.6 Å². The number of halogens is 1. The van der Waals surface area contributed by atoms with Crippen molar-refractivity contribution in [3.05, 3.63) is 65.3 Å². The van der Waals surface area contributed by atoms with Crippen molar-refractivity contribution in [3.63, 3.8) is 0 Å². The topological polar surface area (TPSA) is 50.2 Å². The van der Waals surface area contributed by atoms with Crippen LogP contribution in [0.25, 0.3) is 22.0 Å². The first kappa shape index (κ1) is 12.6. The number of carboxylic acids is 1. The van der Waals surface area contributed by atoms with Gasteiger partial charge in [0.05, 0.1) is 5.52 Å². The monoisotopic (exact) mass is 283 g/mol. The van der Waals surface area contributed by atoms with Crippen LogP contribution in [0.15, 0.2) is 54.6 Å². The Hall–Kier alpha value is -2.39. The summed E-state index contributed by atoms with van der Waals surface area (Å²) in [5.74, 6) is -1.05. The van der Waals surface area contributed by atoms with Gasteiger partial charge < -0.3 is 5.11 Å². The normalized spacial score (nSPS) is 10.7. The number of aromatic carboxylic acids is 1. The number of hydrogen-bond donors (Lipinski definition) is 1. The van der Waals surface area contributed by atoms with E-state index in [0.29, 0.717) is 16.1 Å². The van der Waals surface area contributed by atoms with Gasteiger partial charge in [0.15, 0.2) is 5.69 Å². The molecule has 3 aromatic rings. The Balaban J connectivity index is 2.32. The number of rotatable bonds is 2. The standard InChI is InChI=1S/C16H10ClNO2/c17-12-6-3-5-10(8-12)13-9-11-4-1-2-7-14(11)18-15(13)16(19)20/h1-9H,(H,19,20). The van der Waals surface area contributed by atoms with Crippen molar-refractivity contribution in [2.45, 2.75) is 0 Å². The first-order valence-corrected chi connectivity index (χ1v) is 6.42. The van der Waals surface area contributed by atoms with Gasteiger partial charge in [0.25, 0.3) is 0 Å². The van der Waals surface area contributed by atoms with Gasteiger partial charge in [-0.15, -0.1) is 0 Å². The largest absolute Gasteiger partial charge is 0.476 e. The van der Waals surface area contributed by atoms with Gasteiger partial charge in [-0.25, -0.2) is 9.78 Å². The van der Waals surface area contributed by atoms with E-state index >= 15 is 0 Å². The molecule has 3 nitrogen and oxygen atoms in total. The van der Waals surface area contributed by atoms with Crippen molar-refractivity contribution in [1.82, 2.24) is 4.98 Å². The number of nitrogens with zero attached hydrogens (tertiary/aromatic N) is 1. The molecule has 0 aliphatic heterocycles. The first-order valence-electron chi connectivity index (χ1n) is 6.04. The number of pyridine rings is 1. The van der Waals surface area contributed by atoms with E-state index in [2.05, 4.69) is 4.98 Å². The summed E-state index contributed by atoms with van der Waals surface area (Å²) in [5.41, 5.74) is 2.01. The van der Waals surface area contributed by atoms with Crippen LogP contribution in [0.3, 0.4) is 0 Å². The third-order valence-electron chi connectivity index (χ3n) is 3.06. The number of carboxylic acid groups (broad SMARTS) is 1. The fraction of sp³-hybridized carbons (Fsp3) is 0. The van der Waals surface area contributed by atoms with E-state index in [9.17, 15) is 9.90 Å². The predicted octanol–water partition coefficient (Wildman–Crippen LogP) is 4.25. The van der Waals surface area contributed by atoms with Gasteiger partial charge in [0, 0.05) is 16.0 Å². The highest BCUT2D eigenvalue weighted by Crippen LogP contribution is 2.28. The molecule has 0 amide bonds. The van der Waals surface area contributed by atoms with Gasteiger partial charge in [-0.2, -0.15) is 0 Å². The number of para-hydroxylation sites is 1. The lowest BCUT2D eigenvalue weighted by molar-refractivity contribution is 0.0692. The van der Waals surface area contributed by atoms with Crippen LogP contribution in [0.4, 0.5) is 0 Å². The minimum atomic E-state index is -1.05. The molecule has 0 atom stereocenters. The molecule has 0 aliphatic carbocycles. The lowest BCUT2D eigenvalue weighted by Gasteiger charge is -2.08. The Kier molecular flexibility index (Phi) is 3.12. The summed E-state index contributed by atoms with van der Waals surface area (Å²) in [6, 6.07) is 16.4. The first-order chi connectivity index (χ1) is 9.65. The molecule has 0 saturated heterocycles. The molecular weight excluding hydrogens is 274 g/mol. The van der Waals surface area contributed by atoms with E-state index < -0.39 is 5.97 Å². The van der Waals surface area contributed by atoms with E-state index in [4.69, 9.17) is 11.6 Å². The highest BCUT2D eigenvalue weighted by atomic mass is 35.5. The van der Waals surface area contributed by atoms with Gasteiger partial charge >= 0.3 is 5.97 Å². The highest BCUT2D eigenvalue weighted by molar-refractivity contribution is 6.30. The van der Waals surface area contributed by atoms with E-state index in [-0.39, 0.29) is 5.69 Å². The number of benzene rings is 2. The minimum Gasteiger partial charge on any atom is -0.476 e. The summed E-state index contributed by atoms with van der Waals surface area (Å²) in [6.45, 7) is 0. The van der Waals surface area contributed by atoms with Gasteiger partial charge in [-0.1, -0.05) is 41.9 Å². The third-order valence-corrected chi connectivity index (χ3v) is 3.30. The molecule has 1 heterocycles. The molecule has 0 bridgehead atoms. The van der Waals surface area contributed by atoms with E-state index in [1.165, 1.54) is 0 Å². The van der Waals surface area contributed by atoms with E-state index in [1.54, 1.807) is 24.3 Å². The number of hydrogen-bond acceptors (Lipinski definition) is 2. The summed E-state index contributed by atoms with van der Waals surface area (Å²) in [5, 5.41) is 10.8. The zero-order valence-corrected chi connectivity index (χ0v) is 11.1. The number of aromatic nitrogens is 1. The van der Waals surface area contributed by atoms with Gasteiger partial charge in [0.1, 0.15) is 0 Å². The molecule has 0 aliphatic rings. The van der Waals surface area contributed by atoms with E-state index in [0.717, 1.165) is 10.9 Å². The van der Waals surface area contributed by atoms with Crippen LogP contribution in [0.5, 0.6) is 0 Å². The van der Waals surface area contributed by atoms with Crippen molar-refractivity contribution < 1.29 is 9.90 Å². The smallest absolute Gasteiger partial charge is 0.355 e. The van der Waals surface area contributed by atoms with Crippen molar-refractivity contribution in [2.75, 3.05) is 0 Å². The van der Waals surface area contributed by atoms with E-state index in [1.807, 2.05) is 30.3 Å². The molecule has 1 N–H and O–H groups in total. The van der Waals surface area contributed by atoms with Crippen LogP contribution < -0.4 is 0 Å². The Morgan fingerprint density at radius 3 is 2.60 bits per heavy atom. The Morgan fingerprint density at radius 1 is 1.05 bits per heavy atom. The summed E-state index contributed by atoms with van der Waals surface area (Å²) < 4.78 is 0. The summed E-state index contributed by atoms with van der Waals surface area (Å²) in [6.07, 6.45) is 0. The van der Waals surface area contributed by atoms with Crippen LogP contribution in [-0.4, -0.2) is 16.1 Å². The second-order valence-electron chi connectivity index (χ2n) is 4.39. The molecule has 0 saturated carbocycles. The van der Waals surface area contributed by atoms with Crippen LogP contribution in [0, 0.1) is 0 Å². The van der Waals surface area contributed by atoms with Crippen molar-refractivity contribution in [2.24, 2.45) is 0 Å². The molecule has 0 radical (unpaired) electrons. The maximum Gasteiger partial charge on any atom is 0.355 e. The van der Waals surface area contributed by atoms with Crippen LogP contribution in [0.2, 0.25) is 5.02 Å². The SMILES string of the molecule is O=C(O)c1nc2ccccc2cc1-c1cccc(Cl)c1. The summed E-state index contributed by atoms with van der Waals surface area (Å²) >= 11 is 5.98. The zero-order valence-electron chi connectivity index (χ0n) is 10.4. The number of carbonyl (C=O) groups is 1. The quantitative estimate of drug-likeness (QED) is 0.765. The summed E-state index contributed by atoms with van der Waals surface area (Å²) in [7, 11) is 0. The number of fused-ring (bicyclic) bond motifs is 1. The molecule has 98 valence electrons. The van der Waals surface area contributed by atoms with Gasteiger partial charge in [0.2, 0.25) is 0 Å². The van der Waals surface area contributed by atoms with Gasteiger partial charge in [-0.3, -0.25) is 0 Å². The lowest BCUT2D eigenvalue weighted by atomic mass is 10.0. The molecular formula is C16H10ClNO2. The highest BCUT2D eigenvalue weighted by Gasteiger charge is 2.15. The maximum atomic E-state index is 11.4. The average molecular weight is 284 g/mol. The molecule has 0 fully saturated rings. The van der Waals surface area contributed by atoms with Crippen molar-refractivity contribution >= 4 is 28.5 Å². The van der Waals surface area contributed by atoms with Crippen LogP contribution in [0.1, 0.15) is 10.5 Å². The van der Waals surface area contributed by atoms with Crippen molar-refractivity contribution in [1.29, 1.82) is 0 Å². The van der Waals surface area contributed by atoms with Gasteiger partial charge in [-0.05, 0) is 29.8 Å². The molecule has 3 rings (SSSR count). The molecule has 0 spiro atoms. The minimum absolute atomic E-state index is 0.0333. The second kappa shape index (κ2) is 4.94. The predicted molar refractivity (Wildman–Crippen MR) is 79.1 cm³/mol. The Labute approximate surface area is 120 Å². The molecule has 4 heteroatoms. The fourth-order valence-corrected chi connectivity index (χ4v) is 2.35. The maximum absolute atomic E-state index is 11.4. The summed E-state index contributed by atoms with van der Waals surface area (Å²) in [4.78, 5) is 15.7. The molecule has 2 aromatic carbocycles. The average Bonchev–Trinajstić information content (AvgIpc) is 2.46. The van der Waals surface area contributed by atoms with Crippen LogP contribution in [-0.2, 0) is 0 Å². The Bertz CT molecular complexity index is 814. The molecule has 20 heavy (non-hydrogen) atoms. The van der Waals surface area contributed by atoms with Crippen molar-refractivity contribution in [3.8, 4) is 11.1 Å². The lowest BCUT2D eigenvalue weighted by Crippen LogP contribution is -2.03. The zero-order chi connectivity index (χ0) is 14.1. The molecule has 1 aromatic heterocycles. The molecule has 0 unspecified atom stereocenters.